The highest BCUT2D eigenvalue weighted by atomic mass is 19.1. The molecule has 0 aliphatic carbocycles. The summed E-state index contributed by atoms with van der Waals surface area (Å²) in [5, 5.41) is 21.5. The van der Waals surface area contributed by atoms with Crippen LogP contribution >= 0.6 is 0 Å². The topological polar surface area (TPSA) is 81.5 Å². The van der Waals surface area contributed by atoms with Gasteiger partial charge in [-0.05, 0) is 30.7 Å². The summed E-state index contributed by atoms with van der Waals surface area (Å²) < 4.78 is 13.0. The normalized spacial score (nSPS) is 10.7. The first-order chi connectivity index (χ1) is 11.7. The van der Waals surface area contributed by atoms with Gasteiger partial charge in [-0.1, -0.05) is 13.3 Å². The lowest BCUT2D eigenvalue weighted by molar-refractivity contribution is 0.280. The summed E-state index contributed by atoms with van der Waals surface area (Å²) >= 11 is 0. The second-order valence-electron chi connectivity index (χ2n) is 5.36. The minimum absolute atomic E-state index is 0.0339. The number of aromatic nitrogens is 2. The molecule has 0 saturated heterocycles. The molecule has 0 aliphatic heterocycles. The minimum Gasteiger partial charge on any atom is -0.395 e. The second kappa shape index (κ2) is 9.14. The van der Waals surface area contributed by atoms with Crippen LogP contribution in [0.4, 0.5) is 21.8 Å². The van der Waals surface area contributed by atoms with Gasteiger partial charge < -0.3 is 20.4 Å². The van der Waals surface area contributed by atoms with Gasteiger partial charge >= 0.3 is 0 Å². The summed E-state index contributed by atoms with van der Waals surface area (Å²) in [5.41, 5.74) is 1.56. The van der Waals surface area contributed by atoms with Crippen molar-refractivity contribution in [2.24, 2.45) is 0 Å². The van der Waals surface area contributed by atoms with E-state index in [0.29, 0.717) is 30.5 Å². The predicted molar refractivity (Wildman–Crippen MR) is 92.1 cm³/mol. The molecule has 130 valence electrons. The molecule has 6 nitrogen and oxygen atoms in total. The van der Waals surface area contributed by atoms with Crippen molar-refractivity contribution in [2.75, 3.05) is 36.5 Å². The molecule has 0 unspecified atom stereocenters. The van der Waals surface area contributed by atoms with Gasteiger partial charge in [-0.3, -0.25) is 0 Å². The number of halogens is 1. The molecule has 0 fully saturated rings. The second-order valence-corrected chi connectivity index (χ2v) is 5.36. The van der Waals surface area contributed by atoms with Crippen molar-refractivity contribution < 1.29 is 14.6 Å². The van der Waals surface area contributed by atoms with Crippen molar-refractivity contribution in [3.05, 3.63) is 41.8 Å². The zero-order valence-electron chi connectivity index (χ0n) is 13.7. The summed E-state index contributed by atoms with van der Waals surface area (Å²) in [4.78, 5) is 10.7. The van der Waals surface area contributed by atoms with Crippen LogP contribution in [0, 0.1) is 5.82 Å². The molecule has 0 atom stereocenters. The molecule has 7 heteroatoms. The van der Waals surface area contributed by atoms with Crippen molar-refractivity contribution in [3.63, 3.8) is 0 Å². The van der Waals surface area contributed by atoms with Gasteiger partial charge in [0.25, 0.3) is 0 Å². The highest BCUT2D eigenvalue weighted by molar-refractivity contribution is 5.55. The van der Waals surface area contributed by atoms with E-state index in [1.807, 2.05) is 6.07 Å². The van der Waals surface area contributed by atoms with Crippen LogP contribution < -0.4 is 10.2 Å². The van der Waals surface area contributed by atoms with Crippen LogP contribution in [-0.4, -0.2) is 46.5 Å². The molecule has 2 aromatic rings. The third-order valence-electron chi connectivity index (χ3n) is 3.44. The fourth-order valence-corrected chi connectivity index (χ4v) is 2.33. The first-order valence-electron chi connectivity index (χ1n) is 8.03. The van der Waals surface area contributed by atoms with Crippen molar-refractivity contribution >= 4 is 17.5 Å². The monoisotopic (exact) mass is 334 g/mol. The van der Waals surface area contributed by atoms with Crippen molar-refractivity contribution in [3.8, 4) is 0 Å². The standard InChI is InChI=1S/C17H23FN4O2/c1-2-3-15-12-16(22(8-10-23)9-11-24)21-17(20-15)19-14-6-4-13(18)5-7-14/h4-7,12,23-24H,2-3,8-11H2,1H3,(H,19,20,21). The van der Waals surface area contributed by atoms with Gasteiger partial charge in [0.2, 0.25) is 5.95 Å². The average molecular weight is 334 g/mol. The van der Waals surface area contributed by atoms with Gasteiger partial charge in [0, 0.05) is 30.5 Å². The lowest BCUT2D eigenvalue weighted by Crippen LogP contribution is -2.30. The number of aliphatic hydroxyl groups is 2. The molecule has 1 aromatic heterocycles. The van der Waals surface area contributed by atoms with Gasteiger partial charge in [0.05, 0.1) is 13.2 Å². The van der Waals surface area contributed by atoms with Crippen LogP contribution in [0.5, 0.6) is 0 Å². The van der Waals surface area contributed by atoms with Crippen LogP contribution in [0.3, 0.4) is 0 Å². The molecule has 0 radical (unpaired) electrons. The summed E-state index contributed by atoms with van der Waals surface area (Å²) in [6.45, 7) is 2.74. The van der Waals surface area contributed by atoms with E-state index in [2.05, 4.69) is 22.2 Å². The molecule has 0 saturated carbocycles. The average Bonchev–Trinajstić information content (AvgIpc) is 2.57. The molecule has 0 bridgehead atoms. The Labute approximate surface area is 141 Å². The largest absolute Gasteiger partial charge is 0.395 e. The van der Waals surface area contributed by atoms with Crippen molar-refractivity contribution in [1.29, 1.82) is 0 Å². The van der Waals surface area contributed by atoms with Crippen LogP contribution in [0.1, 0.15) is 19.0 Å². The highest BCUT2D eigenvalue weighted by Crippen LogP contribution is 2.19. The van der Waals surface area contributed by atoms with E-state index in [1.165, 1.54) is 12.1 Å². The van der Waals surface area contributed by atoms with Crippen molar-refractivity contribution in [1.82, 2.24) is 9.97 Å². The van der Waals surface area contributed by atoms with Gasteiger partial charge in [-0.25, -0.2) is 9.37 Å². The smallest absolute Gasteiger partial charge is 0.229 e. The predicted octanol–water partition coefficient (Wildman–Crippen LogP) is 2.10. The zero-order valence-corrected chi connectivity index (χ0v) is 13.7. The Morgan fingerprint density at radius 3 is 2.33 bits per heavy atom. The van der Waals surface area contributed by atoms with Crippen LogP contribution in [0.2, 0.25) is 0 Å². The molecule has 1 aromatic carbocycles. The molecule has 0 aliphatic rings. The lowest BCUT2D eigenvalue weighted by atomic mass is 10.2. The zero-order chi connectivity index (χ0) is 17.4. The van der Waals surface area contributed by atoms with E-state index in [9.17, 15) is 14.6 Å². The first kappa shape index (κ1) is 18.1. The number of anilines is 3. The van der Waals surface area contributed by atoms with Crippen LogP contribution in [0.25, 0.3) is 0 Å². The summed E-state index contributed by atoms with van der Waals surface area (Å²) in [7, 11) is 0. The maximum atomic E-state index is 13.0. The third-order valence-corrected chi connectivity index (χ3v) is 3.44. The molecular formula is C17H23FN4O2. The van der Waals surface area contributed by atoms with Crippen LogP contribution in [-0.2, 0) is 6.42 Å². The summed E-state index contributed by atoms with van der Waals surface area (Å²) in [5.74, 6) is 0.739. The fraction of sp³-hybridized carbons (Fsp3) is 0.412. The number of nitrogens with zero attached hydrogens (tertiary/aromatic N) is 3. The number of nitrogens with one attached hydrogen (secondary N) is 1. The number of aliphatic hydroxyl groups excluding tert-OH is 2. The van der Waals surface area contributed by atoms with E-state index in [1.54, 1.807) is 17.0 Å². The Hall–Kier alpha value is -2.25. The van der Waals surface area contributed by atoms with E-state index < -0.39 is 0 Å². The third kappa shape index (κ3) is 5.14. The molecule has 3 N–H and O–H groups in total. The number of rotatable bonds is 9. The Morgan fingerprint density at radius 2 is 1.75 bits per heavy atom. The van der Waals surface area contributed by atoms with E-state index in [0.717, 1.165) is 18.5 Å². The molecule has 0 amide bonds. The molecule has 24 heavy (non-hydrogen) atoms. The fourth-order valence-electron chi connectivity index (χ4n) is 2.33. The number of aryl methyl sites for hydroxylation is 1. The van der Waals surface area contributed by atoms with E-state index in [-0.39, 0.29) is 19.0 Å². The van der Waals surface area contributed by atoms with Gasteiger partial charge in [0.15, 0.2) is 0 Å². The molecule has 1 heterocycles. The first-order valence-corrected chi connectivity index (χ1v) is 8.03. The summed E-state index contributed by atoms with van der Waals surface area (Å²) in [6, 6.07) is 7.82. The minimum atomic E-state index is -0.307. The quantitative estimate of drug-likeness (QED) is 0.652. The maximum absolute atomic E-state index is 13.0. The number of hydrogen-bond donors (Lipinski definition) is 3. The lowest BCUT2D eigenvalue weighted by Gasteiger charge is -2.22. The number of hydrogen-bond acceptors (Lipinski definition) is 6. The van der Waals surface area contributed by atoms with Crippen molar-refractivity contribution in [2.45, 2.75) is 19.8 Å². The van der Waals surface area contributed by atoms with Crippen LogP contribution in [0.15, 0.2) is 30.3 Å². The number of benzene rings is 1. The van der Waals surface area contributed by atoms with Gasteiger partial charge in [0.1, 0.15) is 11.6 Å². The molecule has 0 spiro atoms. The Morgan fingerprint density at radius 1 is 1.08 bits per heavy atom. The molecule has 2 rings (SSSR count). The van der Waals surface area contributed by atoms with E-state index >= 15 is 0 Å². The molecular weight excluding hydrogens is 311 g/mol. The Kier molecular flexibility index (Phi) is 6.89. The SMILES string of the molecule is CCCc1cc(N(CCO)CCO)nc(Nc2ccc(F)cc2)n1. The van der Waals surface area contributed by atoms with Gasteiger partial charge in [-0.15, -0.1) is 0 Å². The maximum Gasteiger partial charge on any atom is 0.229 e. The Bertz CT molecular complexity index is 631. The highest BCUT2D eigenvalue weighted by Gasteiger charge is 2.11. The van der Waals surface area contributed by atoms with Gasteiger partial charge in [-0.2, -0.15) is 4.98 Å². The van der Waals surface area contributed by atoms with E-state index in [4.69, 9.17) is 0 Å². The summed E-state index contributed by atoms with van der Waals surface area (Å²) in [6.07, 6.45) is 1.73. The Balaban J connectivity index is 2.30.